The third-order valence-electron chi connectivity index (χ3n) is 2.45. The van der Waals surface area contributed by atoms with Gasteiger partial charge in [-0.1, -0.05) is 21.1 Å². The van der Waals surface area contributed by atoms with E-state index in [1.807, 2.05) is 0 Å². The van der Waals surface area contributed by atoms with E-state index in [2.05, 4.69) is 31.4 Å². The summed E-state index contributed by atoms with van der Waals surface area (Å²) in [5.41, 5.74) is 0.587. The van der Waals surface area contributed by atoms with Crippen LogP contribution in [0, 0.1) is 5.82 Å². The number of hydrogen-bond acceptors (Lipinski definition) is 4. The van der Waals surface area contributed by atoms with Crippen LogP contribution in [0.25, 0.3) is 11.4 Å². The molecule has 0 unspecified atom stereocenters. The predicted octanol–water partition coefficient (Wildman–Crippen LogP) is 3.21. The van der Waals surface area contributed by atoms with Crippen LogP contribution in [0.3, 0.4) is 0 Å². The van der Waals surface area contributed by atoms with Crippen molar-refractivity contribution in [2.24, 2.45) is 0 Å². The van der Waals surface area contributed by atoms with E-state index in [9.17, 15) is 4.39 Å². The molecule has 3 rings (SSSR count). The van der Waals surface area contributed by atoms with Crippen LogP contribution in [0.5, 0.6) is 0 Å². The first-order valence-corrected chi connectivity index (χ1v) is 6.07. The lowest BCUT2D eigenvalue weighted by atomic mass is 10.2. The maximum atomic E-state index is 13.2. The molecule has 6 heteroatoms. The van der Waals surface area contributed by atoms with Gasteiger partial charge in [-0.3, -0.25) is 0 Å². The van der Waals surface area contributed by atoms with E-state index < -0.39 is 0 Å². The minimum absolute atomic E-state index is 0.337. The number of anilines is 1. The van der Waals surface area contributed by atoms with Gasteiger partial charge in [0.05, 0.1) is 0 Å². The first-order chi connectivity index (χ1) is 8.20. The van der Waals surface area contributed by atoms with Crippen molar-refractivity contribution in [1.29, 1.82) is 0 Å². The number of nitrogens with zero attached hydrogens (tertiary/aromatic N) is 2. The van der Waals surface area contributed by atoms with Gasteiger partial charge in [-0.05, 0) is 31.0 Å². The molecule has 0 amide bonds. The molecule has 1 aromatic carbocycles. The normalized spacial score (nSPS) is 14.9. The monoisotopic (exact) mass is 297 g/mol. The summed E-state index contributed by atoms with van der Waals surface area (Å²) in [7, 11) is 0. The van der Waals surface area contributed by atoms with Crippen LogP contribution in [0.15, 0.2) is 27.2 Å². The van der Waals surface area contributed by atoms with E-state index in [0.717, 1.165) is 12.8 Å². The van der Waals surface area contributed by atoms with Crippen molar-refractivity contribution in [3.05, 3.63) is 28.5 Å². The fourth-order valence-corrected chi connectivity index (χ4v) is 1.95. The molecule has 0 bridgehead atoms. The van der Waals surface area contributed by atoms with Crippen molar-refractivity contribution in [2.45, 2.75) is 18.9 Å². The Hall–Kier alpha value is -1.43. The summed E-state index contributed by atoms with van der Waals surface area (Å²) < 4.78 is 18.9. The molecule has 0 spiro atoms. The summed E-state index contributed by atoms with van der Waals surface area (Å²) >= 11 is 3.23. The number of halogens is 2. The quantitative estimate of drug-likeness (QED) is 0.945. The van der Waals surface area contributed by atoms with Crippen molar-refractivity contribution in [3.8, 4) is 11.4 Å². The number of rotatable bonds is 3. The smallest absolute Gasteiger partial charge is 0.322 e. The lowest BCUT2D eigenvalue weighted by Crippen LogP contribution is -2.00. The Morgan fingerprint density at radius 3 is 2.88 bits per heavy atom. The van der Waals surface area contributed by atoms with Gasteiger partial charge in [0.1, 0.15) is 5.82 Å². The second-order valence-electron chi connectivity index (χ2n) is 4.00. The zero-order valence-corrected chi connectivity index (χ0v) is 10.4. The Morgan fingerprint density at radius 1 is 1.35 bits per heavy atom. The van der Waals surface area contributed by atoms with Crippen LogP contribution in [-0.2, 0) is 0 Å². The minimum Gasteiger partial charge on any atom is -0.335 e. The van der Waals surface area contributed by atoms with Crippen LogP contribution in [0.2, 0.25) is 0 Å². The third kappa shape index (κ3) is 2.46. The second kappa shape index (κ2) is 4.10. The molecule has 1 saturated carbocycles. The van der Waals surface area contributed by atoms with Crippen molar-refractivity contribution in [1.82, 2.24) is 10.1 Å². The molecule has 1 heterocycles. The van der Waals surface area contributed by atoms with Gasteiger partial charge in [0, 0.05) is 16.1 Å². The Kier molecular flexibility index (Phi) is 2.58. The van der Waals surface area contributed by atoms with Crippen molar-refractivity contribution >= 4 is 21.9 Å². The van der Waals surface area contributed by atoms with Crippen LogP contribution in [-0.4, -0.2) is 16.2 Å². The van der Waals surface area contributed by atoms with Crippen LogP contribution in [0.4, 0.5) is 10.4 Å². The highest BCUT2D eigenvalue weighted by Gasteiger charge is 2.23. The predicted molar refractivity (Wildman–Crippen MR) is 64.0 cm³/mol. The molecule has 17 heavy (non-hydrogen) atoms. The maximum absolute atomic E-state index is 13.2. The van der Waals surface area contributed by atoms with Crippen LogP contribution in [0.1, 0.15) is 12.8 Å². The lowest BCUT2D eigenvalue weighted by Gasteiger charge is -1.96. The fourth-order valence-electron chi connectivity index (χ4n) is 1.48. The maximum Gasteiger partial charge on any atom is 0.322 e. The summed E-state index contributed by atoms with van der Waals surface area (Å²) in [5, 5.41) is 6.90. The van der Waals surface area contributed by atoms with Gasteiger partial charge >= 0.3 is 6.01 Å². The number of benzene rings is 1. The second-order valence-corrected chi connectivity index (χ2v) is 4.92. The standard InChI is InChI=1S/C11H9BrFN3O/c12-7-3-6(4-8(13)5-7)10-15-11(17-16-10)14-9-1-2-9/h3-5,9H,1-2H2,(H,14,15,16). The number of aromatic nitrogens is 2. The average molecular weight is 298 g/mol. The van der Waals surface area contributed by atoms with Crippen LogP contribution >= 0.6 is 15.9 Å². The van der Waals surface area contributed by atoms with Gasteiger partial charge in [0.15, 0.2) is 0 Å². The Bertz CT molecular complexity index is 533. The van der Waals surface area contributed by atoms with E-state index in [1.165, 1.54) is 12.1 Å². The van der Waals surface area contributed by atoms with Crippen molar-refractivity contribution < 1.29 is 8.91 Å². The summed E-state index contributed by atoms with van der Waals surface area (Å²) in [6.07, 6.45) is 2.26. The molecule has 1 N–H and O–H groups in total. The molecule has 0 atom stereocenters. The first-order valence-electron chi connectivity index (χ1n) is 5.27. The first kappa shape index (κ1) is 10.7. The highest BCUT2D eigenvalue weighted by Crippen LogP contribution is 2.26. The molecular weight excluding hydrogens is 289 g/mol. The molecule has 0 saturated heterocycles. The summed E-state index contributed by atoms with van der Waals surface area (Å²) in [5.74, 6) is 0.0456. The molecule has 0 aliphatic heterocycles. The molecular formula is C11H9BrFN3O. The molecule has 0 radical (unpaired) electrons. The summed E-state index contributed by atoms with van der Waals surface area (Å²) in [6, 6.07) is 5.34. The molecule has 2 aromatic rings. The highest BCUT2D eigenvalue weighted by molar-refractivity contribution is 9.10. The Morgan fingerprint density at radius 2 is 2.18 bits per heavy atom. The molecule has 1 fully saturated rings. The molecule has 88 valence electrons. The zero-order chi connectivity index (χ0) is 11.8. The lowest BCUT2D eigenvalue weighted by molar-refractivity contribution is 0.432. The highest BCUT2D eigenvalue weighted by atomic mass is 79.9. The minimum atomic E-state index is -0.337. The van der Waals surface area contributed by atoms with Gasteiger partial charge in [0.2, 0.25) is 5.82 Å². The van der Waals surface area contributed by atoms with Crippen molar-refractivity contribution in [3.63, 3.8) is 0 Å². The van der Waals surface area contributed by atoms with Gasteiger partial charge in [0.25, 0.3) is 0 Å². The number of nitrogens with one attached hydrogen (secondary N) is 1. The van der Waals surface area contributed by atoms with Crippen molar-refractivity contribution in [2.75, 3.05) is 5.32 Å². The molecule has 4 nitrogen and oxygen atoms in total. The van der Waals surface area contributed by atoms with E-state index in [-0.39, 0.29) is 5.82 Å². The van der Waals surface area contributed by atoms with Gasteiger partial charge in [-0.15, -0.1) is 0 Å². The SMILES string of the molecule is Fc1cc(Br)cc(-c2noc(NC3CC3)n2)c1. The number of hydrogen-bond donors (Lipinski definition) is 1. The van der Waals surface area contributed by atoms with E-state index in [1.54, 1.807) is 6.07 Å². The zero-order valence-electron chi connectivity index (χ0n) is 8.78. The van der Waals surface area contributed by atoms with E-state index in [4.69, 9.17) is 4.52 Å². The largest absolute Gasteiger partial charge is 0.335 e. The molecule has 1 aliphatic rings. The van der Waals surface area contributed by atoms with E-state index in [0.29, 0.717) is 27.9 Å². The third-order valence-corrected chi connectivity index (χ3v) is 2.91. The topological polar surface area (TPSA) is 51.0 Å². The van der Waals surface area contributed by atoms with Gasteiger partial charge < -0.3 is 9.84 Å². The van der Waals surface area contributed by atoms with Gasteiger partial charge in [-0.2, -0.15) is 4.98 Å². The average Bonchev–Trinajstić information content (AvgIpc) is 2.93. The molecule has 1 aromatic heterocycles. The van der Waals surface area contributed by atoms with Gasteiger partial charge in [-0.25, -0.2) is 4.39 Å². The Balaban J connectivity index is 1.88. The summed E-state index contributed by atoms with van der Waals surface area (Å²) in [4.78, 5) is 4.17. The molecule has 1 aliphatic carbocycles. The fraction of sp³-hybridized carbons (Fsp3) is 0.273. The summed E-state index contributed by atoms with van der Waals surface area (Å²) in [6.45, 7) is 0. The van der Waals surface area contributed by atoms with E-state index >= 15 is 0 Å². The Labute approximate surface area is 105 Å². The van der Waals surface area contributed by atoms with Crippen LogP contribution < -0.4 is 5.32 Å².